The number of hydrogen-bond donors (Lipinski definition) is 1. The molecule has 1 aliphatic heterocycles. The van der Waals surface area contributed by atoms with Crippen LogP contribution in [0.2, 0.25) is 10.0 Å². The molecule has 0 unspecified atom stereocenters. The van der Waals surface area contributed by atoms with Gasteiger partial charge in [0.1, 0.15) is 6.04 Å². The third kappa shape index (κ3) is 5.37. The van der Waals surface area contributed by atoms with Gasteiger partial charge in [0.15, 0.2) is 0 Å². The van der Waals surface area contributed by atoms with Crippen molar-refractivity contribution in [3.8, 4) is 0 Å². The molecule has 0 bridgehead atoms. The summed E-state index contributed by atoms with van der Waals surface area (Å²) in [7, 11) is 1.52. The fraction of sp³-hybridized carbons (Fsp3) is 0.333. The predicted molar refractivity (Wildman–Crippen MR) is 126 cm³/mol. The summed E-state index contributed by atoms with van der Waals surface area (Å²) in [5.41, 5.74) is 1.49. The number of likely N-dealkylation sites (N-methyl/N-ethyl adjacent to an activating group) is 1. The highest BCUT2D eigenvalue weighted by Crippen LogP contribution is 2.25. The van der Waals surface area contributed by atoms with Gasteiger partial charge in [-0.05, 0) is 42.7 Å². The van der Waals surface area contributed by atoms with Crippen LogP contribution in [0.4, 0.5) is 0 Å². The summed E-state index contributed by atoms with van der Waals surface area (Å²) >= 11 is 12.1. The molecule has 7 nitrogen and oxygen atoms in total. The Bertz CT molecular complexity index is 1050. The Morgan fingerprint density at radius 3 is 2.21 bits per heavy atom. The number of fused-ring (bicyclic) bond motifs is 1. The van der Waals surface area contributed by atoms with E-state index < -0.39 is 6.04 Å². The molecule has 0 saturated heterocycles. The minimum Gasteiger partial charge on any atom is -0.357 e. The van der Waals surface area contributed by atoms with E-state index in [1.54, 1.807) is 42.5 Å². The monoisotopic (exact) mass is 489 g/mol. The Morgan fingerprint density at radius 2 is 1.67 bits per heavy atom. The van der Waals surface area contributed by atoms with E-state index in [0.29, 0.717) is 27.6 Å². The third-order valence-corrected chi connectivity index (χ3v) is 6.36. The fourth-order valence-electron chi connectivity index (χ4n) is 3.90. The quantitative estimate of drug-likeness (QED) is 0.540. The lowest BCUT2D eigenvalue weighted by molar-refractivity contribution is -0.141. The second-order valence-corrected chi connectivity index (χ2v) is 8.53. The Kier molecular flexibility index (Phi) is 8.10. The Labute approximate surface area is 202 Å². The summed E-state index contributed by atoms with van der Waals surface area (Å²) in [4.78, 5) is 53.4. The number of halogens is 2. The van der Waals surface area contributed by atoms with Crippen molar-refractivity contribution in [1.82, 2.24) is 15.1 Å². The van der Waals surface area contributed by atoms with Crippen molar-refractivity contribution >= 4 is 46.8 Å². The van der Waals surface area contributed by atoms with Gasteiger partial charge in [0.2, 0.25) is 11.8 Å². The number of benzene rings is 2. The summed E-state index contributed by atoms with van der Waals surface area (Å²) in [5.74, 6) is -1.24. The normalized spacial score (nSPS) is 13.6. The zero-order valence-corrected chi connectivity index (χ0v) is 19.9. The van der Waals surface area contributed by atoms with Crippen LogP contribution in [0.25, 0.3) is 0 Å². The number of amides is 4. The topological polar surface area (TPSA) is 86.8 Å². The Balaban J connectivity index is 1.70. The Morgan fingerprint density at radius 1 is 1.03 bits per heavy atom. The molecule has 1 heterocycles. The van der Waals surface area contributed by atoms with Gasteiger partial charge in [0, 0.05) is 26.6 Å². The van der Waals surface area contributed by atoms with Gasteiger partial charge in [0.25, 0.3) is 11.8 Å². The summed E-state index contributed by atoms with van der Waals surface area (Å²) in [6.07, 6.45) is 0.777. The van der Waals surface area contributed by atoms with Crippen molar-refractivity contribution in [2.75, 3.05) is 13.6 Å². The molecule has 0 spiro atoms. The lowest BCUT2D eigenvalue weighted by atomic mass is 10.1. The minimum atomic E-state index is -0.670. The molecule has 174 valence electrons. The largest absolute Gasteiger partial charge is 0.357 e. The standard InChI is InChI=1S/C24H25Cl2N3O4/c1-3-20(22(31)27-2)29(14-15-10-11-18(25)19(26)13-15)21(30)9-6-12-28-23(32)16-7-4-5-8-17(16)24(28)33/h4-5,7-8,10-11,13,20H,3,6,9,12,14H2,1-2H3,(H,27,31)/t20-/m0/s1. The van der Waals surface area contributed by atoms with E-state index in [1.165, 1.54) is 11.9 Å². The summed E-state index contributed by atoms with van der Waals surface area (Å²) in [5, 5.41) is 3.36. The summed E-state index contributed by atoms with van der Waals surface area (Å²) in [6.45, 7) is 2.12. The van der Waals surface area contributed by atoms with Crippen LogP contribution >= 0.6 is 23.2 Å². The summed E-state index contributed by atoms with van der Waals surface area (Å²) in [6, 6.07) is 11.1. The first-order valence-corrected chi connectivity index (χ1v) is 11.4. The average Bonchev–Trinajstić information content (AvgIpc) is 3.05. The van der Waals surface area contributed by atoms with E-state index in [2.05, 4.69) is 5.32 Å². The molecule has 9 heteroatoms. The van der Waals surface area contributed by atoms with Crippen LogP contribution in [-0.4, -0.2) is 53.1 Å². The first-order chi connectivity index (χ1) is 15.8. The zero-order valence-electron chi connectivity index (χ0n) is 18.4. The van der Waals surface area contributed by atoms with Gasteiger partial charge in [-0.3, -0.25) is 24.1 Å². The highest BCUT2D eigenvalue weighted by molar-refractivity contribution is 6.42. The van der Waals surface area contributed by atoms with E-state index in [4.69, 9.17) is 23.2 Å². The minimum absolute atomic E-state index is 0.0716. The molecule has 1 N–H and O–H groups in total. The van der Waals surface area contributed by atoms with Crippen LogP contribution in [-0.2, 0) is 16.1 Å². The number of nitrogens with one attached hydrogen (secondary N) is 1. The maximum absolute atomic E-state index is 13.2. The van der Waals surface area contributed by atoms with Gasteiger partial charge in [-0.1, -0.05) is 48.3 Å². The van der Waals surface area contributed by atoms with E-state index in [9.17, 15) is 19.2 Å². The second kappa shape index (κ2) is 10.8. The molecular weight excluding hydrogens is 465 g/mol. The molecule has 1 aliphatic rings. The molecular formula is C24H25Cl2N3O4. The number of rotatable bonds is 9. The van der Waals surface area contributed by atoms with Crippen molar-refractivity contribution < 1.29 is 19.2 Å². The van der Waals surface area contributed by atoms with Crippen LogP contribution < -0.4 is 5.32 Å². The number of hydrogen-bond acceptors (Lipinski definition) is 4. The fourth-order valence-corrected chi connectivity index (χ4v) is 4.22. The van der Waals surface area contributed by atoms with E-state index in [-0.39, 0.29) is 49.6 Å². The number of carbonyl (C=O) groups excluding carboxylic acids is 4. The van der Waals surface area contributed by atoms with Gasteiger partial charge in [0.05, 0.1) is 21.2 Å². The highest BCUT2D eigenvalue weighted by atomic mass is 35.5. The third-order valence-electron chi connectivity index (χ3n) is 5.62. The maximum Gasteiger partial charge on any atom is 0.261 e. The van der Waals surface area contributed by atoms with Crippen LogP contribution in [0.5, 0.6) is 0 Å². The molecule has 1 atom stereocenters. The first kappa shape index (κ1) is 24.7. The number of carbonyl (C=O) groups is 4. The molecule has 0 radical (unpaired) electrons. The van der Waals surface area contributed by atoms with Gasteiger partial charge in [-0.15, -0.1) is 0 Å². The van der Waals surface area contributed by atoms with Crippen molar-refractivity contribution in [3.05, 3.63) is 69.2 Å². The van der Waals surface area contributed by atoms with Gasteiger partial charge < -0.3 is 10.2 Å². The smallest absolute Gasteiger partial charge is 0.261 e. The lowest BCUT2D eigenvalue weighted by Gasteiger charge is -2.30. The zero-order chi connectivity index (χ0) is 24.1. The van der Waals surface area contributed by atoms with Crippen molar-refractivity contribution in [3.63, 3.8) is 0 Å². The number of nitrogens with zero attached hydrogens (tertiary/aromatic N) is 2. The van der Waals surface area contributed by atoms with Gasteiger partial charge in [-0.2, -0.15) is 0 Å². The molecule has 0 saturated carbocycles. The van der Waals surface area contributed by atoms with Crippen LogP contribution in [0.3, 0.4) is 0 Å². The van der Waals surface area contributed by atoms with Crippen molar-refractivity contribution in [2.24, 2.45) is 0 Å². The van der Waals surface area contributed by atoms with Crippen LogP contribution in [0.1, 0.15) is 52.5 Å². The summed E-state index contributed by atoms with van der Waals surface area (Å²) < 4.78 is 0. The molecule has 4 amide bonds. The van der Waals surface area contributed by atoms with E-state index >= 15 is 0 Å². The van der Waals surface area contributed by atoms with Crippen LogP contribution in [0, 0.1) is 0 Å². The molecule has 2 aromatic carbocycles. The number of imide groups is 1. The van der Waals surface area contributed by atoms with Gasteiger partial charge in [-0.25, -0.2) is 0 Å². The first-order valence-electron chi connectivity index (χ1n) is 10.7. The van der Waals surface area contributed by atoms with Crippen molar-refractivity contribution in [1.29, 1.82) is 0 Å². The Hall–Kier alpha value is -2.90. The molecule has 33 heavy (non-hydrogen) atoms. The molecule has 2 aromatic rings. The molecule has 0 aliphatic carbocycles. The molecule has 0 fully saturated rings. The lowest BCUT2D eigenvalue weighted by Crippen LogP contribution is -2.48. The highest BCUT2D eigenvalue weighted by Gasteiger charge is 2.35. The van der Waals surface area contributed by atoms with E-state index in [1.807, 2.05) is 6.92 Å². The van der Waals surface area contributed by atoms with Gasteiger partial charge >= 0.3 is 0 Å². The van der Waals surface area contributed by atoms with Crippen LogP contribution in [0.15, 0.2) is 42.5 Å². The molecule has 3 rings (SSSR count). The predicted octanol–water partition coefficient (Wildman–Crippen LogP) is 3.92. The maximum atomic E-state index is 13.2. The van der Waals surface area contributed by atoms with E-state index in [0.717, 1.165) is 10.5 Å². The molecule has 0 aromatic heterocycles. The second-order valence-electron chi connectivity index (χ2n) is 7.72. The SMILES string of the molecule is CC[C@@H](C(=O)NC)N(Cc1ccc(Cl)c(Cl)c1)C(=O)CCCN1C(=O)c2ccccc2C1=O. The van der Waals surface area contributed by atoms with Crippen molar-refractivity contribution in [2.45, 2.75) is 38.8 Å². The average molecular weight is 490 g/mol.